The van der Waals surface area contributed by atoms with Crippen LogP contribution in [-0.4, -0.2) is 44.8 Å². The van der Waals surface area contributed by atoms with Crippen LogP contribution in [0.2, 0.25) is 0 Å². The van der Waals surface area contributed by atoms with Crippen molar-refractivity contribution in [1.82, 2.24) is 10.2 Å². The zero-order valence-corrected chi connectivity index (χ0v) is 22.8. The lowest BCUT2D eigenvalue weighted by molar-refractivity contribution is 0.0785. The Kier molecular flexibility index (Phi) is 8.01. The molecule has 2 amide bonds. The van der Waals surface area contributed by atoms with Gasteiger partial charge in [-0.2, -0.15) is 0 Å². The normalized spacial score (nSPS) is 11.8. The highest BCUT2D eigenvalue weighted by Crippen LogP contribution is 2.44. The average molecular weight is 537 g/mol. The number of nitrogens with zero attached hydrogens (tertiary/aromatic N) is 1. The minimum atomic E-state index is -0.475. The fraction of sp³-hybridized carbons (Fsp3) is 0.212. The molecule has 0 aliphatic heterocycles. The van der Waals surface area contributed by atoms with Crippen molar-refractivity contribution < 1.29 is 23.8 Å². The van der Waals surface area contributed by atoms with Gasteiger partial charge in [0.25, 0.3) is 5.91 Å². The van der Waals surface area contributed by atoms with Crippen LogP contribution in [0, 0.1) is 0 Å². The summed E-state index contributed by atoms with van der Waals surface area (Å²) in [5.41, 5.74) is 7.09. The summed E-state index contributed by atoms with van der Waals surface area (Å²) in [6.07, 6.45) is -0.475. The quantitative estimate of drug-likeness (QED) is 0.283. The van der Waals surface area contributed by atoms with Gasteiger partial charge in [0.1, 0.15) is 6.61 Å². The summed E-state index contributed by atoms with van der Waals surface area (Å²) in [5.74, 6) is 1.17. The largest absolute Gasteiger partial charge is 0.493 e. The molecule has 5 rings (SSSR count). The molecule has 1 N–H and O–H groups in total. The van der Waals surface area contributed by atoms with E-state index in [4.69, 9.17) is 14.2 Å². The molecule has 0 fully saturated rings. The molecule has 7 heteroatoms. The maximum absolute atomic E-state index is 13.0. The Morgan fingerprint density at radius 2 is 1.38 bits per heavy atom. The van der Waals surface area contributed by atoms with Crippen molar-refractivity contribution in [2.75, 3.05) is 27.9 Å². The van der Waals surface area contributed by atoms with Crippen LogP contribution in [0.3, 0.4) is 0 Å². The number of ether oxygens (including phenoxy) is 3. The number of benzene rings is 4. The van der Waals surface area contributed by atoms with Gasteiger partial charge in [0.15, 0.2) is 11.5 Å². The molecule has 204 valence electrons. The number of hydrogen-bond acceptors (Lipinski definition) is 5. The molecular weight excluding hydrogens is 504 g/mol. The molecule has 40 heavy (non-hydrogen) atoms. The molecule has 0 unspecified atom stereocenters. The van der Waals surface area contributed by atoms with Gasteiger partial charge < -0.3 is 24.4 Å². The van der Waals surface area contributed by atoms with E-state index in [1.54, 1.807) is 38.3 Å². The van der Waals surface area contributed by atoms with E-state index in [9.17, 15) is 9.59 Å². The third kappa shape index (κ3) is 5.64. The topological polar surface area (TPSA) is 77.1 Å². The van der Waals surface area contributed by atoms with E-state index < -0.39 is 6.09 Å². The van der Waals surface area contributed by atoms with Crippen LogP contribution in [0.4, 0.5) is 4.79 Å². The number of amides is 2. The van der Waals surface area contributed by atoms with Crippen molar-refractivity contribution >= 4 is 12.0 Å². The molecule has 0 spiro atoms. The molecule has 0 atom stereocenters. The molecule has 0 saturated heterocycles. The van der Waals surface area contributed by atoms with E-state index in [2.05, 4.69) is 29.6 Å². The lowest BCUT2D eigenvalue weighted by Gasteiger charge is -2.18. The average Bonchev–Trinajstić information content (AvgIpc) is 3.32. The van der Waals surface area contributed by atoms with Gasteiger partial charge in [-0.25, -0.2) is 4.79 Å². The Balaban J connectivity index is 1.13. The summed E-state index contributed by atoms with van der Waals surface area (Å²) in [6, 6.07) is 29.3. The summed E-state index contributed by atoms with van der Waals surface area (Å²) >= 11 is 0. The van der Waals surface area contributed by atoms with Gasteiger partial charge in [-0.1, -0.05) is 66.7 Å². The fourth-order valence-electron chi connectivity index (χ4n) is 5.13. The van der Waals surface area contributed by atoms with E-state index in [0.717, 1.165) is 11.1 Å². The Bertz CT molecular complexity index is 1470. The first-order valence-corrected chi connectivity index (χ1v) is 13.1. The fourth-order valence-corrected chi connectivity index (χ4v) is 5.13. The number of nitrogens with one attached hydrogen (secondary N) is 1. The van der Waals surface area contributed by atoms with Crippen LogP contribution in [0.5, 0.6) is 11.5 Å². The van der Waals surface area contributed by atoms with Crippen LogP contribution in [-0.2, 0) is 17.8 Å². The molecule has 1 aliphatic carbocycles. The van der Waals surface area contributed by atoms with Crippen LogP contribution in [0.1, 0.15) is 38.5 Å². The molecule has 0 heterocycles. The number of alkyl carbamates (subject to hydrolysis) is 1. The van der Waals surface area contributed by atoms with Gasteiger partial charge in [0.2, 0.25) is 0 Å². The van der Waals surface area contributed by atoms with Crippen molar-refractivity contribution in [3.63, 3.8) is 0 Å². The number of rotatable bonds is 9. The first-order valence-electron chi connectivity index (χ1n) is 13.1. The molecular formula is C33H32N2O5. The third-order valence-corrected chi connectivity index (χ3v) is 7.20. The second-order valence-electron chi connectivity index (χ2n) is 9.73. The lowest BCUT2D eigenvalue weighted by Crippen LogP contribution is -2.27. The lowest BCUT2D eigenvalue weighted by atomic mass is 9.98. The highest BCUT2D eigenvalue weighted by atomic mass is 16.5. The molecule has 1 aliphatic rings. The number of hydrogen-bond donors (Lipinski definition) is 1. The molecule has 0 aromatic heterocycles. The molecule has 4 aromatic carbocycles. The Morgan fingerprint density at radius 3 is 2.00 bits per heavy atom. The summed E-state index contributed by atoms with van der Waals surface area (Å²) in [6.45, 7) is 0.983. The smallest absolute Gasteiger partial charge is 0.407 e. The SMILES string of the molecule is COc1ccc(CN(C)C(=O)c2ccc(CNC(=O)OCC3c4ccccc4-c4ccccc43)cc2)cc1OC. The summed E-state index contributed by atoms with van der Waals surface area (Å²) < 4.78 is 16.3. The van der Waals surface area contributed by atoms with Crippen LogP contribution in [0.25, 0.3) is 11.1 Å². The first-order chi connectivity index (χ1) is 19.5. The highest BCUT2D eigenvalue weighted by Gasteiger charge is 2.29. The second kappa shape index (κ2) is 11.9. The molecule has 4 aromatic rings. The van der Waals surface area contributed by atoms with Gasteiger partial charge in [-0.15, -0.1) is 0 Å². The van der Waals surface area contributed by atoms with Crippen molar-refractivity contribution in [2.24, 2.45) is 0 Å². The van der Waals surface area contributed by atoms with Gasteiger partial charge in [-0.05, 0) is 57.6 Å². The first kappa shape index (κ1) is 26.8. The highest BCUT2D eigenvalue weighted by molar-refractivity contribution is 5.94. The monoisotopic (exact) mass is 536 g/mol. The van der Waals surface area contributed by atoms with E-state index in [1.807, 2.05) is 54.6 Å². The number of carbonyl (C=O) groups excluding carboxylic acids is 2. The zero-order valence-electron chi connectivity index (χ0n) is 22.8. The van der Waals surface area contributed by atoms with Gasteiger partial charge in [0, 0.05) is 31.6 Å². The van der Waals surface area contributed by atoms with E-state index in [-0.39, 0.29) is 18.4 Å². The molecule has 0 bridgehead atoms. The molecule has 0 radical (unpaired) electrons. The maximum atomic E-state index is 13.0. The predicted molar refractivity (Wildman–Crippen MR) is 154 cm³/mol. The predicted octanol–water partition coefficient (Wildman–Crippen LogP) is 6.01. The number of carbonyl (C=O) groups is 2. The Hall–Kier alpha value is -4.78. The summed E-state index contributed by atoms with van der Waals surface area (Å²) in [5, 5.41) is 2.82. The second-order valence-corrected chi connectivity index (χ2v) is 9.73. The van der Waals surface area contributed by atoms with Gasteiger partial charge in [-0.3, -0.25) is 4.79 Å². The summed E-state index contributed by atoms with van der Waals surface area (Å²) in [4.78, 5) is 27.1. The molecule has 0 saturated carbocycles. The van der Waals surface area contributed by atoms with E-state index in [0.29, 0.717) is 30.2 Å². The van der Waals surface area contributed by atoms with E-state index in [1.165, 1.54) is 22.3 Å². The van der Waals surface area contributed by atoms with Crippen LogP contribution in [0.15, 0.2) is 91.0 Å². The standard InChI is InChI=1S/C33H32N2O5/c1-35(20-23-14-17-30(38-2)31(18-23)39-3)32(36)24-15-12-22(13-16-24)19-34-33(37)40-21-29-27-10-6-4-8-25(27)26-9-5-7-11-28(26)29/h4-18,29H,19-21H2,1-3H3,(H,34,37). The van der Waals surface area contributed by atoms with Crippen molar-refractivity contribution in [2.45, 2.75) is 19.0 Å². The Morgan fingerprint density at radius 1 is 0.775 bits per heavy atom. The minimum Gasteiger partial charge on any atom is -0.493 e. The number of methoxy groups -OCH3 is 2. The van der Waals surface area contributed by atoms with Crippen molar-refractivity contribution in [3.8, 4) is 22.6 Å². The Labute approximate surface area is 234 Å². The van der Waals surface area contributed by atoms with E-state index >= 15 is 0 Å². The summed E-state index contributed by atoms with van der Waals surface area (Å²) in [7, 11) is 4.93. The van der Waals surface area contributed by atoms with Crippen LogP contribution >= 0.6 is 0 Å². The maximum Gasteiger partial charge on any atom is 0.407 e. The zero-order chi connectivity index (χ0) is 28.1. The van der Waals surface area contributed by atoms with Gasteiger partial charge >= 0.3 is 6.09 Å². The van der Waals surface area contributed by atoms with Crippen molar-refractivity contribution in [3.05, 3.63) is 119 Å². The minimum absolute atomic E-state index is 0.0134. The van der Waals surface area contributed by atoms with Crippen LogP contribution < -0.4 is 14.8 Å². The van der Waals surface area contributed by atoms with Crippen molar-refractivity contribution in [1.29, 1.82) is 0 Å². The third-order valence-electron chi connectivity index (χ3n) is 7.20. The number of fused-ring (bicyclic) bond motifs is 3. The van der Waals surface area contributed by atoms with Gasteiger partial charge in [0.05, 0.1) is 14.2 Å². The molecule has 7 nitrogen and oxygen atoms in total.